The van der Waals surface area contributed by atoms with Crippen LogP contribution in [0.3, 0.4) is 0 Å². The predicted octanol–water partition coefficient (Wildman–Crippen LogP) is 0.939. The molecule has 90 valence electrons. The van der Waals surface area contributed by atoms with E-state index in [0.717, 1.165) is 43.5 Å². The van der Waals surface area contributed by atoms with E-state index in [4.69, 9.17) is 10.4 Å². The summed E-state index contributed by atoms with van der Waals surface area (Å²) in [5.74, 6) is 0.817. The highest BCUT2D eigenvalue weighted by Crippen LogP contribution is 2.21. The number of hydrogen-bond donors (Lipinski definition) is 1. The Labute approximate surface area is 95.9 Å². The molecule has 0 aliphatic carbocycles. The lowest BCUT2D eigenvalue weighted by Crippen LogP contribution is -2.34. The summed E-state index contributed by atoms with van der Waals surface area (Å²) >= 11 is 0. The van der Waals surface area contributed by atoms with Crippen LogP contribution in [0.15, 0.2) is 4.63 Å². The van der Waals surface area contributed by atoms with E-state index in [1.165, 1.54) is 19.3 Å². The second kappa shape index (κ2) is 5.41. The number of hydrogen-bond acceptors (Lipinski definition) is 5. The molecule has 5 nitrogen and oxygen atoms in total. The van der Waals surface area contributed by atoms with Crippen molar-refractivity contribution in [2.75, 3.05) is 19.6 Å². The van der Waals surface area contributed by atoms with E-state index >= 15 is 0 Å². The minimum absolute atomic E-state index is 0.816. The quantitative estimate of drug-likeness (QED) is 0.824. The maximum atomic E-state index is 5.58. The Balaban J connectivity index is 1.79. The molecule has 1 fully saturated rings. The second-order valence-corrected chi connectivity index (χ2v) is 4.59. The molecular formula is C11H20N4O. The highest BCUT2D eigenvalue weighted by molar-refractivity contribution is 5.04. The molecular weight excluding hydrogens is 204 g/mol. The van der Waals surface area contributed by atoms with Crippen LogP contribution in [-0.2, 0) is 6.54 Å². The lowest BCUT2D eigenvalue weighted by molar-refractivity contribution is 0.169. The SMILES string of the molecule is Cc1nonc1CN1CCC(CCN)CC1. The molecule has 1 aliphatic rings. The van der Waals surface area contributed by atoms with E-state index in [2.05, 4.69) is 15.2 Å². The van der Waals surface area contributed by atoms with E-state index < -0.39 is 0 Å². The van der Waals surface area contributed by atoms with Gasteiger partial charge in [-0.2, -0.15) is 0 Å². The van der Waals surface area contributed by atoms with Crippen molar-refractivity contribution in [2.24, 2.45) is 11.7 Å². The molecule has 0 atom stereocenters. The van der Waals surface area contributed by atoms with Crippen molar-refractivity contribution < 1.29 is 4.63 Å². The molecule has 1 aromatic rings. The molecule has 0 unspecified atom stereocenters. The zero-order chi connectivity index (χ0) is 11.4. The molecule has 1 aliphatic heterocycles. The Kier molecular flexibility index (Phi) is 3.90. The first kappa shape index (κ1) is 11.5. The zero-order valence-corrected chi connectivity index (χ0v) is 9.85. The zero-order valence-electron chi connectivity index (χ0n) is 9.85. The third-order valence-corrected chi connectivity index (χ3v) is 3.40. The first-order chi connectivity index (χ1) is 7.79. The highest BCUT2D eigenvalue weighted by atomic mass is 16.6. The molecule has 0 amide bonds. The first-order valence-corrected chi connectivity index (χ1v) is 6.00. The smallest absolute Gasteiger partial charge is 0.122 e. The van der Waals surface area contributed by atoms with Crippen molar-refractivity contribution in [1.82, 2.24) is 15.2 Å². The lowest BCUT2D eigenvalue weighted by Gasteiger charge is -2.31. The normalized spacial score (nSPS) is 19.1. The molecule has 2 N–H and O–H groups in total. The maximum Gasteiger partial charge on any atom is 0.122 e. The average molecular weight is 224 g/mol. The van der Waals surface area contributed by atoms with Crippen molar-refractivity contribution in [1.29, 1.82) is 0 Å². The largest absolute Gasteiger partial charge is 0.330 e. The van der Waals surface area contributed by atoms with Gasteiger partial charge in [0.05, 0.1) is 0 Å². The van der Waals surface area contributed by atoms with Crippen LogP contribution in [0.25, 0.3) is 0 Å². The van der Waals surface area contributed by atoms with Crippen LogP contribution in [0.1, 0.15) is 30.7 Å². The van der Waals surface area contributed by atoms with Crippen molar-refractivity contribution in [3.8, 4) is 0 Å². The van der Waals surface area contributed by atoms with Gasteiger partial charge in [0.2, 0.25) is 0 Å². The van der Waals surface area contributed by atoms with Crippen molar-refractivity contribution in [3.63, 3.8) is 0 Å². The molecule has 1 aromatic heterocycles. The summed E-state index contributed by atoms with van der Waals surface area (Å²) < 4.78 is 4.70. The summed E-state index contributed by atoms with van der Waals surface area (Å²) in [5, 5.41) is 7.71. The maximum absolute atomic E-state index is 5.58. The molecule has 5 heteroatoms. The van der Waals surface area contributed by atoms with Gasteiger partial charge in [-0.3, -0.25) is 4.90 Å². The number of nitrogens with two attached hydrogens (primary N) is 1. The minimum Gasteiger partial charge on any atom is -0.330 e. The summed E-state index contributed by atoms with van der Waals surface area (Å²) in [6, 6.07) is 0. The van der Waals surface area contributed by atoms with Gasteiger partial charge in [-0.05, 0) is 51.7 Å². The summed E-state index contributed by atoms with van der Waals surface area (Å²) in [5.41, 5.74) is 7.46. The van der Waals surface area contributed by atoms with Crippen LogP contribution in [0, 0.1) is 12.8 Å². The van der Waals surface area contributed by atoms with Gasteiger partial charge in [0.1, 0.15) is 11.4 Å². The summed E-state index contributed by atoms with van der Waals surface area (Å²) in [7, 11) is 0. The van der Waals surface area contributed by atoms with Crippen LogP contribution in [0.2, 0.25) is 0 Å². The van der Waals surface area contributed by atoms with Crippen molar-refractivity contribution >= 4 is 0 Å². The minimum atomic E-state index is 0.816. The Morgan fingerprint density at radius 1 is 1.38 bits per heavy atom. The highest BCUT2D eigenvalue weighted by Gasteiger charge is 2.20. The van der Waals surface area contributed by atoms with Gasteiger partial charge in [-0.15, -0.1) is 0 Å². The van der Waals surface area contributed by atoms with Gasteiger partial charge in [-0.25, -0.2) is 4.63 Å². The Hall–Kier alpha value is -0.940. The molecule has 0 aromatic carbocycles. The van der Waals surface area contributed by atoms with Crippen LogP contribution in [0.4, 0.5) is 0 Å². The fourth-order valence-corrected chi connectivity index (χ4v) is 2.27. The number of aryl methyl sites for hydroxylation is 1. The molecule has 16 heavy (non-hydrogen) atoms. The second-order valence-electron chi connectivity index (χ2n) is 4.59. The lowest BCUT2D eigenvalue weighted by atomic mass is 9.93. The predicted molar refractivity (Wildman–Crippen MR) is 60.7 cm³/mol. The number of piperidine rings is 1. The van der Waals surface area contributed by atoms with Crippen LogP contribution in [0.5, 0.6) is 0 Å². The number of likely N-dealkylation sites (tertiary alicyclic amines) is 1. The van der Waals surface area contributed by atoms with Gasteiger partial charge < -0.3 is 5.73 Å². The molecule has 0 bridgehead atoms. The van der Waals surface area contributed by atoms with Gasteiger partial charge in [-0.1, -0.05) is 10.3 Å². The van der Waals surface area contributed by atoms with E-state index in [0.29, 0.717) is 0 Å². The first-order valence-electron chi connectivity index (χ1n) is 6.00. The topological polar surface area (TPSA) is 68.2 Å². The van der Waals surface area contributed by atoms with Crippen LogP contribution < -0.4 is 5.73 Å². The molecule has 2 rings (SSSR count). The summed E-state index contributed by atoms with van der Waals surface area (Å²) in [6.45, 7) is 5.89. The van der Waals surface area contributed by atoms with E-state index in [1.807, 2.05) is 6.92 Å². The van der Waals surface area contributed by atoms with Gasteiger partial charge in [0.25, 0.3) is 0 Å². The third kappa shape index (κ3) is 2.80. The Morgan fingerprint density at radius 2 is 2.12 bits per heavy atom. The van der Waals surface area contributed by atoms with Gasteiger partial charge >= 0.3 is 0 Å². The standard InChI is InChI=1S/C11H20N4O/c1-9-11(14-16-13-9)8-15-6-3-10(2-5-12)4-7-15/h10H,2-8,12H2,1H3. The van der Waals surface area contributed by atoms with E-state index in [1.54, 1.807) is 0 Å². The third-order valence-electron chi connectivity index (χ3n) is 3.40. The Bertz CT molecular complexity index is 318. The summed E-state index contributed by atoms with van der Waals surface area (Å²) in [6.07, 6.45) is 3.67. The fraction of sp³-hybridized carbons (Fsp3) is 0.818. The molecule has 1 saturated heterocycles. The monoisotopic (exact) mass is 224 g/mol. The van der Waals surface area contributed by atoms with E-state index in [9.17, 15) is 0 Å². The average Bonchev–Trinajstić information content (AvgIpc) is 2.68. The summed E-state index contributed by atoms with van der Waals surface area (Å²) in [4.78, 5) is 2.42. The van der Waals surface area contributed by atoms with Crippen molar-refractivity contribution in [2.45, 2.75) is 32.7 Å². The number of aromatic nitrogens is 2. The van der Waals surface area contributed by atoms with E-state index in [-0.39, 0.29) is 0 Å². The molecule has 0 spiro atoms. The van der Waals surface area contributed by atoms with Crippen LogP contribution in [-0.4, -0.2) is 34.8 Å². The van der Waals surface area contributed by atoms with Crippen LogP contribution >= 0.6 is 0 Å². The fourth-order valence-electron chi connectivity index (χ4n) is 2.27. The molecule has 0 saturated carbocycles. The van der Waals surface area contributed by atoms with Gasteiger partial charge in [0, 0.05) is 6.54 Å². The Morgan fingerprint density at radius 3 is 2.69 bits per heavy atom. The van der Waals surface area contributed by atoms with Gasteiger partial charge in [0.15, 0.2) is 0 Å². The van der Waals surface area contributed by atoms with Crippen molar-refractivity contribution in [3.05, 3.63) is 11.4 Å². The molecule has 2 heterocycles. The number of nitrogens with zero attached hydrogens (tertiary/aromatic N) is 3. The molecule has 0 radical (unpaired) electrons. The number of rotatable bonds is 4.